The molecule has 2 aromatic rings. The standard InChI is InChI=1S/C16H21N3O3S2/c1-16(2,3)8-13(11-5-4-6-18-9-11)19-24(21,22)14-7-12(10-23-14)15(17)20/h4-7,9-10,13,19H,8H2,1-3H3,(H2,17,20). The molecule has 130 valence electrons. The largest absolute Gasteiger partial charge is 0.366 e. The van der Waals surface area contributed by atoms with Gasteiger partial charge in [-0.15, -0.1) is 11.3 Å². The highest BCUT2D eigenvalue weighted by Gasteiger charge is 2.27. The Labute approximate surface area is 146 Å². The summed E-state index contributed by atoms with van der Waals surface area (Å²) >= 11 is 0.973. The summed E-state index contributed by atoms with van der Waals surface area (Å²) in [7, 11) is -3.76. The van der Waals surface area contributed by atoms with Crippen LogP contribution in [0.3, 0.4) is 0 Å². The summed E-state index contributed by atoms with van der Waals surface area (Å²) in [5.41, 5.74) is 6.09. The molecule has 0 aromatic carbocycles. The first kappa shape index (κ1) is 18.6. The van der Waals surface area contributed by atoms with Gasteiger partial charge in [-0.25, -0.2) is 13.1 Å². The van der Waals surface area contributed by atoms with Crippen molar-refractivity contribution in [3.63, 3.8) is 0 Å². The number of thiophene rings is 1. The molecule has 24 heavy (non-hydrogen) atoms. The van der Waals surface area contributed by atoms with Crippen molar-refractivity contribution in [3.8, 4) is 0 Å². The first-order valence-corrected chi connectivity index (χ1v) is 9.75. The molecule has 0 aliphatic heterocycles. The van der Waals surface area contributed by atoms with E-state index in [0.29, 0.717) is 6.42 Å². The first-order chi connectivity index (χ1) is 11.1. The monoisotopic (exact) mass is 367 g/mol. The third-order valence-electron chi connectivity index (χ3n) is 3.33. The fraction of sp³-hybridized carbons (Fsp3) is 0.375. The maximum absolute atomic E-state index is 12.7. The summed E-state index contributed by atoms with van der Waals surface area (Å²) in [6.07, 6.45) is 3.90. The molecule has 0 fully saturated rings. The molecule has 2 heterocycles. The van der Waals surface area contributed by atoms with Gasteiger partial charge in [0, 0.05) is 23.8 Å². The van der Waals surface area contributed by atoms with Gasteiger partial charge >= 0.3 is 0 Å². The van der Waals surface area contributed by atoms with Crippen LogP contribution in [0.25, 0.3) is 0 Å². The third kappa shape index (κ3) is 4.86. The van der Waals surface area contributed by atoms with E-state index in [1.54, 1.807) is 18.5 Å². The normalized spacial score (nSPS) is 13.6. The average Bonchev–Trinajstić information content (AvgIpc) is 2.97. The van der Waals surface area contributed by atoms with Crippen LogP contribution in [0.4, 0.5) is 0 Å². The molecule has 2 rings (SSSR count). The summed E-state index contributed by atoms with van der Waals surface area (Å²) in [5, 5.41) is 1.44. The molecule has 0 bridgehead atoms. The summed E-state index contributed by atoms with van der Waals surface area (Å²) in [6.45, 7) is 6.13. The van der Waals surface area contributed by atoms with Gasteiger partial charge in [0.25, 0.3) is 10.0 Å². The number of carbonyl (C=O) groups is 1. The Morgan fingerprint density at radius 3 is 2.62 bits per heavy atom. The van der Waals surface area contributed by atoms with E-state index in [1.807, 2.05) is 26.8 Å². The topological polar surface area (TPSA) is 102 Å². The van der Waals surface area contributed by atoms with Crippen LogP contribution in [0.5, 0.6) is 0 Å². The highest BCUT2D eigenvalue weighted by molar-refractivity contribution is 7.91. The van der Waals surface area contributed by atoms with E-state index in [4.69, 9.17) is 5.73 Å². The predicted molar refractivity (Wildman–Crippen MR) is 94.2 cm³/mol. The molecule has 0 saturated heterocycles. The van der Waals surface area contributed by atoms with Crippen LogP contribution in [-0.4, -0.2) is 19.3 Å². The number of nitrogens with zero attached hydrogens (tertiary/aromatic N) is 1. The molecule has 1 atom stereocenters. The van der Waals surface area contributed by atoms with Crippen LogP contribution < -0.4 is 10.5 Å². The third-order valence-corrected chi connectivity index (χ3v) is 6.24. The van der Waals surface area contributed by atoms with Gasteiger partial charge in [0.1, 0.15) is 4.21 Å². The second kappa shape index (κ2) is 7.00. The number of hydrogen-bond donors (Lipinski definition) is 2. The number of primary amides is 1. The van der Waals surface area contributed by atoms with Crippen LogP contribution in [0.15, 0.2) is 40.2 Å². The lowest BCUT2D eigenvalue weighted by Gasteiger charge is -2.26. The molecule has 0 radical (unpaired) electrons. The fourth-order valence-corrected chi connectivity index (χ4v) is 4.66. The number of pyridine rings is 1. The van der Waals surface area contributed by atoms with E-state index < -0.39 is 22.0 Å². The average molecular weight is 367 g/mol. The van der Waals surface area contributed by atoms with Crippen molar-refractivity contribution in [1.29, 1.82) is 0 Å². The molecule has 1 amide bonds. The van der Waals surface area contributed by atoms with Crippen LogP contribution in [0.2, 0.25) is 0 Å². The minimum absolute atomic E-state index is 0.0686. The van der Waals surface area contributed by atoms with E-state index in [0.717, 1.165) is 16.9 Å². The van der Waals surface area contributed by atoms with E-state index >= 15 is 0 Å². The quantitative estimate of drug-likeness (QED) is 0.819. The molecule has 2 aromatic heterocycles. The lowest BCUT2D eigenvalue weighted by Crippen LogP contribution is -2.31. The van der Waals surface area contributed by atoms with Gasteiger partial charge in [-0.05, 0) is 29.5 Å². The highest BCUT2D eigenvalue weighted by atomic mass is 32.2. The number of hydrogen-bond acceptors (Lipinski definition) is 5. The molecule has 1 unspecified atom stereocenters. The number of rotatable bonds is 6. The molecule has 0 spiro atoms. The van der Waals surface area contributed by atoms with Crippen LogP contribution >= 0.6 is 11.3 Å². The van der Waals surface area contributed by atoms with Crippen molar-refractivity contribution < 1.29 is 13.2 Å². The summed E-state index contributed by atoms with van der Waals surface area (Å²) < 4.78 is 28.1. The predicted octanol–water partition coefficient (Wildman–Crippen LogP) is 2.70. The number of nitrogens with two attached hydrogens (primary N) is 1. The molecular formula is C16H21N3O3S2. The van der Waals surface area contributed by atoms with Gasteiger partial charge in [-0.2, -0.15) is 0 Å². The van der Waals surface area contributed by atoms with Gasteiger partial charge in [-0.1, -0.05) is 26.8 Å². The van der Waals surface area contributed by atoms with Crippen molar-refractivity contribution in [2.24, 2.45) is 11.1 Å². The molecule has 0 aliphatic rings. The first-order valence-electron chi connectivity index (χ1n) is 7.39. The summed E-state index contributed by atoms with van der Waals surface area (Å²) in [6, 6.07) is 4.50. The van der Waals surface area contributed by atoms with Crippen LogP contribution in [0, 0.1) is 5.41 Å². The maximum Gasteiger partial charge on any atom is 0.250 e. The Morgan fingerprint density at radius 2 is 2.12 bits per heavy atom. The molecule has 6 nitrogen and oxygen atoms in total. The zero-order chi connectivity index (χ0) is 18.0. The Hall–Kier alpha value is -1.77. The maximum atomic E-state index is 12.7. The minimum atomic E-state index is -3.76. The number of aromatic nitrogens is 1. The number of carbonyl (C=O) groups excluding carboxylic acids is 1. The number of amides is 1. The number of nitrogens with one attached hydrogen (secondary N) is 1. The van der Waals surface area contributed by atoms with Gasteiger partial charge in [0.05, 0.1) is 5.56 Å². The smallest absolute Gasteiger partial charge is 0.250 e. The number of sulfonamides is 1. The lowest BCUT2D eigenvalue weighted by atomic mass is 9.86. The van der Waals surface area contributed by atoms with Crippen molar-refractivity contribution in [3.05, 3.63) is 47.1 Å². The Bertz CT molecular complexity index is 809. The molecule has 0 aliphatic carbocycles. The Morgan fingerprint density at radius 1 is 1.42 bits per heavy atom. The van der Waals surface area contributed by atoms with Crippen molar-refractivity contribution >= 4 is 27.3 Å². The second-order valence-corrected chi connectivity index (χ2v) is 9.60. The Balaban J connectivity index is 2.32. The Kier molecular flexibility index (Phi) is 5.42. The summed E-state index contributed by atoms with van der Waals surface area (Å²) in [4.78, 5) is 15.3. The summed E-state index contributed by atoms with van der Waals surface area (Å²) in [5.74, 6) is -0.647. The molecule has 8 heteroatoms. The van der Waals surface area contributed by atoms with Crippen LogP contribution in [-0.2, 0) is 10.0 Å². The van der Waals surface area contributed by atoms with Crippen molar-refractivity contribution in [2.75, 3.05) is 0 Å². The fourth-order valence-electron chi connectivity index (χ4n) is 2.25. The van der Waals surface area contributed by atoms with Gasteiger partial charge < -0.3 is 5.73 Å². The van der Waals surface area contributed by atoms with E-state index in [9.17, 15) is 13.2 Å². The molecular weight excluding hydrogens is 346 g/mol. The van der Waals surface area contributed by atoms with Gasteiger partial charge in [-0.3, -0.25) is 9.78 Å². The molecule has 0 saturated carbocycles. The van der Waals surface area contributed by atoms with E-state index in [2.05, 4.69) is 9.71 Å². The van der Waals surface area contributed by atoms with Crippen molar-refractivity contribution in [1.82, 2.24) is 9.71 Å². The SMILES string of the molecule is CC(C)(C)CC(NS(=O)(=O)c1cc(C(N)=O)cs1)c1cccnc1. The minimum Gasteiger partial charge on any atom is -0.366 e. The van der Waals surface area contributed by atoms with Crippen LogP contribution in [0.1, 0.15) is 49.2 Å². The van der Waals surface area contributed by atoms with Crippen molar-refractivity contribution in [2.45, 2.75) is 37.4 Å². The van der Waals surface area contributed by atoms with Gasteiger partial charge in [0.2, 0.25) is 5.91 Å². The second-order valence-electron chi connectivity index (χ2n) is 6.74. The molecule has 3 N–H and O–H groups in total. The highest BCUT2D eigenvalue weighted by Crippen LogP contribution is 2.31. The zero-order valence-corrected chi connectivity index (χ0v) is 15.4. The van der Waals surface area contributed by atoms with E-state index in [-0.39, 0.29) is 15.2 Å². The lowest BCUT2D eigenvalue weighted by molar-refractivity contribution is 0.100. The van der Waals surface area contributed by atoms with Gasteiger partial charge in [0.15, 0.2) is 0 Å². The zero-order valence-electron chi connectivity index (χ0n) is 13.8. The van der Waals surface area contributed by atoms with E-state index in [1.165, 1.54) is 11.4 Å².